The van der Waals surface area contributed by atoms with Gasteiger partial charge in [0.2, 0.25) is 0 Å². The van der Waals surface area contributed by atoms with Gasteiger partial charge in [-0.15, -0.1) is 0 Å². The topological polar surface area (TPSA) is 35.2 Å². The van der Waals surface area contributed by atoms with Crippen LogP contribution >= 0.6 is 11.6 Å². The monoisotopic (exact) mass is 261 g/mol. The summed E-state index contributed by atoms with van der Waals surface area (Å²) in [6, 6.07) is 11.5. The number of nitrogens with two attached hydrogens (primary N) is 1. The Morgan fingerprint density at radius 3 is 2.56 bits per heavy atom. The average Bonchev–Trinajstić information content (AvgIpc) is 2.34. The van der Waals surface area contributed by atoms with Crippen molar-refractivity contribution in [2.45, 2.75) is 20.5 Å². The highest BCUT2D eigenvalue weighted by Gasteiger charge is 2.03. The van der Waals surface area contributed by atoms with E-state index in [4.69, 9.17) is 22.1 Å². The Kier molecular flexibility index (Phi) is 3.78. The quantitative estimate of drug-likeness (QED) is 0.844. The number of hydrogen-bond donors (Lipinski definition) is 1. The highest BCUT2D eigenvalue weighted by Crippen LogP contribution is 2.27. The average molecular weight is 262 g/mol. The van der Waals surface area contributed by atoms with Crippen molar-refractivity contribution in [3.63, 3.8) is 0 Å². The van der Waals surface area contributed by atoms with Crippen LogP contribution in [0.1, 0.15) is 16.7 Å². The van der Waals surface area contributed by atoms with Gasteiger partial charge in [-0.1, -0.05) is 29.8 Å². The summed E-state index contributed by atoms with van der Waals surface area (Å²) in [5.74, 6) is 0.620. The molecule has 0 atom stereocenters. The molecule has 0 saturated heterocycles. The van der Waals surface area contributed by atoms with Crippen LogP contribution in [0.4, 0.5) is 5.69 Å². The minimum Gasteiger partial charge on any atom is -0.487 e. The minimum absolute atomic E-state index is 0.490. The van der Waals surface area contributed by atoms with Gasteiger partial charge in [0.15, 0.2) is 0 Å². The Morgan fingerprint density at radius 1 is 1.06 bits per heavy atom. The van der Waals surface area contributed by atoms with Crippen LogP contribution in [-0.4, -0.2) is 0 Å². The smallest absolute Gasteiger partial charge is 0.140 e. The van der Waals surface area contributed by atoms with Crippen LogP contribution in [0.5, 0.6) is 5.75 Å². The van der Waals surface area contributed by atoms with E-state index in [9.17, 15) is 0 Å². The fourth-order valence-corrected chi connectivity index (χ4v) is 1.86. The predicted molar refractivity (Wildman–Crippen MR) is 76.1 cm³/mol. The summed E-state index contributed by atoms with van der Waals surface area (Å²) in [6.45, 7) is 4.67. The molecule has 0 aliphatic carbocycles. The zero-order valence-electron chi connectivity index (χ0n) is 10.5. The fraction of sp³-hybridized carbons (Fsp3) is 0.200. The number of halogens is 1. The molecule has 2 nitrogen and oxygen atoms in total. The Morgan fingerprint density at radius 2 is 1.83 bits per heavy atom. The SMILES string of the molecule is Cc1ccc(COc2cc(N)ccc2Cl)cc1C. The standard InChI is InChI=1S/C15H16ClNO/c1-10-3-4-12(7-11(10)2)9-18-15-8-13(17)5-6-14(15)16/h3-8H,9,17H2,1-2H3. The van der Waals surface area contributed by atoms with Crippen molar-refractivity contribution < 1.29 is 4.74 Å². The third-order valence-corrected chi connectivity index (χ3v) is 3.23. The molecule has 0 amide bonds. The lowest BCUT2D eigenvalue weighted by molar-refractivity contribution is 0.306. The van der Waals surface area contributed by atoms with Crippen molar-refractivity contribution >= 4 is 17.3 Å². The molecular formula is C15H16ClNO. The van der Waals surface area contributed by atoms with Gasteiger partial charge in [0.1, 0.15) is 12.4 Å². The van der Waals surface area contributed by atoms with Gasteiger partial charge in [0, 0.05) is 11.8 Å². The lowest BCUT2D eigenvalue weighted by Crippen LogP contribution is -1.98. The molecule has 2 aromatic carbocycles. The predicted octanol–water partition coefficient (Wildman–Crippen LogP) is 4.12. The van der Waals surface area contributed by atoms with E-state index in [0.717, 1.165) is 5.56 Å². The van der Waals surface area contributed by atoms with Crippen LogP contribution in [-0.2, 0) is 6.61 Å². The van der Waals surface area contributed by atoms with E-state index < -0.39 is 0 Å². The van der Waals surface area contributed by atoms with Gasteiger partial charge in [-0.2, -0.15) is 0 Å². The summed E-state index contributed by atoms with van der Waals surface area (Å²) in [4.78, 5) is 0. The van der Waals surface area contributed by atoms with Crippen LogP contribution in [0.15, 0.2) is 36.4 Å². The number of anilines is 1. The van der Waals surface area contributed by atoms with Gasteiger partial charge >= 0.3 is 0 Å². The minimum atomic E-state index is 0.490. The highest BCUT2D eigenvalue weighted by molar-refractivity contribution is 6.32. The van der Waals surface area contributed by atoms with Crippen molar-refractivity contribution in [2.24, 2.45) is 0 Å². The molecule has 94 valence electrons. The van der Waals surface area contributed by atoms with Crippen molar-refractivity contribution in [3.8, 4) is 5.75 Å². The Hall–Kier alpha value is -1.67. The van der Waals surface area contributed by atoms with Crippen LogP contribution in [0, 0.1) is 13.8 Å². The van der Waals surface area contributed by atoms with Gasteiger partial charge in [-0.3, -0.25) is 0 Å². The molecule has 0 aliphatic rings. The summed E-state index contributed by atoms with van der Waals surface area (Å²) >= 11 is 6.04. The number of benzene rings is 2. The molecule has 2 rings (SSSR count). The molecule has 0 unspecified atom stereocenters. The van der Waals surface area contributed by atoms with Crippen molar-refractivity contribution in [3.05, 3.63) is 58.1 Å². The fourth-order valence-electron chi connectivity index (χ4n) is 1.68. The van der Waals surface area contributed by atoms with E-state index >= 15 is 0 Å². The van der Waals surface area contributed by atoms with E-state index in [1.807, 2.05) is 0 Å². The largest absolute Gasteiger partial charge is 0.487 e. The summed E-state index contributed by atoms with van der Waals surface area (Å²) in [5, 5.41) is 0.577. The molecule has 0 heterocycles. The summed E-state index contributed by atoms with van der Waals surface area (Å²) in [7, 11) is 0. The van der Waals surface area contributed by atoms with Crippen molar-refractivity contribution in [1.82, 2.24) is 0 Å². The second-order valence-corrected chi connectivity index (χ2v) is 4.80. The third-order valence-electron chi connectivity index (χ3n) is 2.92. The molecule has 0 aromatic heterocycles. The van der Waals surface area contributed by atoms with Gasteiger partial charge in [0.05, 0.1) is 5.02 Å². The Balaban J connectivity index is 2.11. The first-order valence-electron chi connectivity index (χ1n) is 5.80. The molecule has 0 saturated carbocycles. The molecule has 0 fully saturated rings. The van der Waals surface area contributed by atoms with Gasteiger partial charge in [0.25, 0.3) is 0 Å². The molecule has 2 aromatic rings. The van der Waals surface area contributed by atoms with Crippen LogP contribution in [0.25, 0.3) is 0 Å². The van der Waals surface area contributed by atoms with E-state index in [0.29, 0.717) is 23.1 Å². The van der Waals surface area contributed by atoms with E-state index in [1.165, 1.54) is 11.1 Å². The Labute approximate surface area is 112 Å². The first-order chi connectivity index (χ1) is 8.56. The van der Waals surface area contributed by atoms with Gasteiger partial charge in [-0.25, -0.2) is 0 Å². The zero-order chi connectivity index (χ0) is 13.1. The van der Waals surface area contributed by atoms with Crippen LogP contribution < -0.4 is 10.5 Å². The normalized spacial score (nSPS) is 10.4. The maximum atomic E-state index is 6.04. The molecule has 3 heteroatoms. The van der Waals surface area contributed by atoms with E-state index in [2.05, 4.69) is 32.0 Å². The summed E-state index contributed by atoms with van der Waals surface area (Å²) in [6.07, 6.45) is 0. The van der Waals surface area contributed by atoms with Gasteiger partial charge in [-0.05, 0) is 42.7 Å². The van der Waals surface area contributed by atoms with Crippen molar-refractivity contribution in [1.29, 1.82) is 0 Å². The maximum Gasteiger partial charge on any atom is 0.140 e. The number of nitrogen functional groups attached to an aromatic ring is 1. The number of hydrogen-bond acceptors (Lipinski definition) is 2. The van der Waals surface area contributed by atoms with Crippen LogP contribution in [0.3, 0.4) is 0 Å². The maximum absolute atomic E-state index is 6.04. The molecule has 0 aliphatic heterocycles. The van der Waals surface area contributed by atoms with Gasteiger partial charge < -0.3 is 10.5 Å². The zero-order valence-corrected chi connectivity index (χ0v) is 11.3. The molecular weight excluding hydrogens is 246 g/mol. The number of aryl methyl sites for hydroxylation is 2. The first-order valence-corrected chi connectivity index (χ1v) is 6.18. The molecule has 0 radical (unpaired) electrons. The molecule has 18 heavy (non-hydrogen) atoms. The summed E-state index contributed by atoms with van der Waals surface area (Å²) < 4.78 is 5.69. The first kappa shape index (κ1) is 12.8. The molecule has 0 bridgehead atoms. The van der Waals surface area contributed by atoms with Crippen LogP contribution in [0.2, 0.25) is 5.02 Å². The molecule has 2 N–H and O–H groups in total. The lowest BCUT2D eigenvalue weighted by atomic mass is 10.1. The van der Waals surface area contributed by atoms with E-state index in [-0.39, 0.29) is 0 Å². The lowest BCUT2D eigenvalue weighted by Gasteiger charge is -2.10. The second kappa shape index (κ2) is 5.32. The second-order valence-electron chi connectivity index (χ2n) is 4.40. The number of ether oxygens (including phenoxy) is 1. The highest BCUT2D eigenvalue weighted by atomic mass is 35.5. The van der Waals surface area contributed by atoms with E-state index in [1.54, 1.807) is 18.2 Å². The van der Waals surface area contributed by atoms with Crippen molar-refractivity contribution in [2.75, 3.05) is 5.73 Å². The Bertz CT molecular complexity index is 566. The third kappa shape index (κ3) is 2.96. The molecule has 0 spiro atoms. The summed E-state index contributed by atoms with van der Waals surface area (Å²) in [5.41, 5.74) is 10.0. The number of rotatable bonds is 3.